The molecular formula is C18H27ClN4O2SSi. The van der Waals surface area contributed by atoms with Gasteiger partial charge in [0.15, 0.2) is 13.5 Å². The number of nitrogens with one attached hydrogen (secondary N) is 1. The summed E-state index contributed by atoms with van der Waals surface area (Å²) in [7, 11) is -0.218. The molecule has 148 valence electrons. The lowest BCUT2D eigenvalue weighted by atomic mass is 10.2. The van der Waals surface area contributed by atoms with Gasteiger partial charge in [-0.05, 0) is 30.8 Å². The molecule has 1 saturated carbocycles. The lowest BCUT2D eigenvalue weighted by molar-refractivity contribution is 0.270. The second kappa shape index (κ2) is 7.38. The minimum atomic E-state index is -1.79. The van der Waals surface area contributed by atoms with Crippen molar-refractivity contribution in [3.8, 4) is 5.88 Å². The molecule has 9 heteroatoms. The van der Waals surface area contributed by atoms with E-state index < -0.39 is 8.32 Å². The predicted octanol–water partition coefficient (Wildman–Crippen LogP) is 4.98. The zero-order valence-electron chi connectivity index (χ0n) is 16.9. The van der Waals surface area contributed by atoms with Gasteiger partial charge in [0.2, 0.25) is 5.88 Å². The molecule has 27 heavy (non-hydrogen) atoms. The van der Waals surface area contributed by atoms with Crippen LogP contribution in [0.2, 0.25) is 23.3 Å². The Hall–Kier alpha value is -1.09. The smallest absolute Gasteiger partial charge is 0.227 e. The lowest BCUT2D eigenvalue weighted by Gasteiger charge is -2.36. The first-order valence-electron chi connectivity index (χ1n) is 8.96. The zero-order valence-corrected chi connectivity index (χ0v) is 19.5. The van der Waals surface area contributed by atoms with E-state index in [2.05, 4.69) is 54.1 Å². The van der Waals surface area contributed by atoms with Crippen LogP contribution in [-0.4, -0.2) is 48.8 Å². The largest absolute Gasteiger partial charge is 0.480 e. The van der Waals surface area contributed by atoms with Crippen molar-refractivity contribution in [3.63, 3.8) is 0 Å². The number of rotatable bonds is 6. The van der Waals surface area contributed by atoms with Crippen molar-refractivity contribution in [1.29, 1.82) is 0 Å². The first-order valence-corrected chi connectivity index (χ1v) is 13.5. The summed E-state index contributed by atoms with van der Waals surface area (Å²) in [6.45, 7) is 11.3. The Morgan fingerprint density at radius 2 is 1.96 bits per heavy atom. The molecule has 0 saturated heterocycles. The van der Waals surface area contributed by atoms with Crippen molar-refractivity contribution in [1.82, 2.24) is 15.0 Å². The number of methoxy groups -OCH3 is 1. The molecule has 3 rings (SSSR count). The number of aromatic nitrogens is 3. The summed E-state index contributed by atoms with van der Waals surface area (Å²) < 4.78 is 11.9. The minimum absolute atomic E-state index is 0.192. The number of hydrogen-bond acceptors (Lipinski definition) is 7. The van der Waals surface area contributed by atoms with Crippen LogP contribution in [0.15, 0.2) is 11.2 Å². The van der Waals surface area contributed by atoms with Crippen molar-refractivity contribution >= 4 is 48.4 Å². The summed E-state index contributed by atoms with van der Waals surface area (Å²) in [5, 5.41) is 5.49. The highest BCUT2D eigenvalue weighted by Gasteiger charge is 2.47. The maximum Gasteiger partial charge on any atom is 0.227 e. The Morgan fingerprint density at radius 3 is 2.56 bits per heavy atom. The Bertz CT molecular complexity index is 859. The van der Waals surface area contributed by atoms with E-state index >= 15 is 0 Å². The number of anilines is 1. The van der Waals surface area contributed by atoms with Crippen molar-refractivity contribution in [2.75, 3.05) is 18.7 Å². The maximum atomic E-state index is 6.50. The van der Waals surface area contributed by atoms with Gasteiger partial charge in [0.1, 0.15) is 16.4 Å². The number of hydrogen-bond donors (Lipinski definition) is 1. The Kier molecular flexibility index (Phi) is 5.64. The van der Waals surface area contributed by atoms with Gasteiger partial charge in [0, 0.05) is 6.07 Å². The van der Waals surface area contributed by atoms with Crippen LogP contribution in [0.3, 0.4) is 0 Å². The number of fused-ring (bicyclic) bond motifs is 1. The van der Waals surface area contributed by atoms with E-state index in [1.807, 2.05) is 6.26 Å². The van der Waals surface area contributed by atoms with Crippen molar-refractivity contribution < 1.29 is 9.16 Å². The van der Waals surface area contributed by atoms with Gasteiger partial charge in [-0.1, -0.05) is 44.1 Å². The van der Waals surface area contributed by atoms with Gasteiger partial charge in [-0.15, -0.1) is 0 Å². The second-order valence-corrected chi connectivity index (χ2v) is 14.2. The van der Waals surface area contributed by atoms with Gasteiger partial charge < -0.3 is 14.5 Å². The van der Waals surface area contributed by atoms with Gasteiger partial charge in [-0.2, -0.15) is 0 Å². The molecule has 0 aliphatic heterocycles. The molecule has 0 amide bonds. The van der Waals surface area contributed by atoms with Crippen LogP contribution < -0.4 is 10.1 Å². The molecular weight excluding hydrogens is 400 g/mol. The molecule has 2 aromatic rings. The van der Waals surface area contributed by atoms with Gasteiger partial charge >= 0.3 is 0 Å². The van der Waals surface area contributed by atoms with Gasteiger partial charge in [-0.3, -0.25) is 0 Å². The molecule has 1 fully saturated rings. The van der Waals surface area contributed by atoms with E-state index in [-0.39, 0.29) is 17.2 Å². The first-order chi connectivity index (χ1) is 12.6. The number of pyridine rings is 1. The minimum Gasteiger partial charge on any atom is -0.480 e. The van der Waals surface area contributed by atoms with E-state index in [0.29, 0.717) is 16.2 Å². The maximum absolute atomic E-state index is 6.50. The lowest BCUT2D eigenvalue weighted by Crippen LogP contribution is -2.42. The van der Waals surface area contributed by atoms with Crippen LogP contribution in [0.4, 0.5) is 5.82 Å². The fourth-order valence-corrected chi connectivity index (χ4v) is 4.52. The molecule has 1 aliphatic rings. The highest BCUT2D eigenvalue weighted by atomic mass is 35.5. The Balaban J connectivity index is 1.88. The molecule has 6 nitrogen and oxygen atoms in total. The highest BCUT2D eigenvalue weighted by Crippen LogP contribution is 2.42. The van der Waals surface area contributed by atoms with Crippen LogP contribution in [0, 0.1) is 0 Å². The fraction of sp³-hybridized carbons (Fsp3) is 0.611. The van der Waals surface area contributed by atoms with E-state index in [9.17, 15) is 0 Å². The summed E-state index contributed by atoms with van der Waals surface area (Å²) in [4.78, 5) is 13.5. The average Bonchev–Trinajstić information content (AvgIpc) is 3.28. The average molecular weight is 427 g/mol. The predicted molar refractivity (Wildman–Crippen MR) is 115 cm³/mol. The van der Waals surface area contributed by atoms with Gasteiger partial charge in [0.25, 0.3) is 0 Å². The third kappa shape index (κ3) is 4.34. The molecule has 0 bridgehead atoms. The first kappa shape index (κ1) is 20.6. The summed E-state index contributed by atoms with van der Waals surface area (Å²) >= 11 is 7.60. The summed E-state index contributed by atoms with van der Waals surface area (Å²) in [5.74, 6) is 1.15. The van der Waals surface area contributed by atoms with E-state index in [1.54, 1.807) is 13.2 Å². The third-order valence-electron chi connectivity index (χ3n) is 5.28. The zero-order chi connectivity index (χ0) is 20.0. The van der Waals surface area contributed by atoms with Gasteiger partial charge in [0.05, 0.1) is 24.8 Å². The molecule has 0 aromatic carbocycles. The van der Waals surface area contributed by atoms with E-state index in [4.69, 9.17) is 20.8 Å². The molecule has 1 N–H and O–H groups in total. The highest BCUT2D eigenvalue weighted by molar-refractivity contribution is 7.98. The molecule has 2 heterocycles. The molecule has 2 atom stereocenters. The normalized spacial score (nSPS) is 20.0. The van der Waals surface area contributed by atoms with Crippen LogP contribution >= 0.6 is 23.4 Å². The SMILES string of the molecule is COc1nc(Cl)cc2nc(SC)nc(N[C@@H]3C[C@H]3O[Si](C)(C)C(C)(C)C)c12. The molecule has 0 radical (unpaired) electrons. The summed E-state index contributed by atoms with van der Waals surface area (Å²) in [6, 6.07) is 1.97. The number of thioether (sulfide) groups is 1. The molecule has 2 aromatic heterocycles. The monoisotopic (exact) mass is 426 g/mol. The quantitative estimate of drug-likeness (QED) is 0.302. The standard InChI is InChI=1S/C18H27ClN4O2SSi/c1-18(2,3)27(6,7)25-12-8-10(12)20-15-14-11(21-17(23-15)26-5)9-13(19)22-16(14)24-4/h9-10,12H,8H2,1-7H3,(H,20,21,23)/t10-,12-/m1/s1. The topological polar surface area (TPSA) is 69.2 Å². The fourth-order valence-electron chi connectivity index (χ4n) is 2.60. The number of ether oxygens (including phenoxy) is 1. The molecule has 0 unspecified atom stereocenters. The number of halogens is 1. The van der Waals surface area contributed by atoms with Crippen LogP contribution in [0.25, 0.3) is 10.9 Å². The summed E-state index contributed by atoms with van der Waals surface area (Å²) in [6.07, 6.45) is 3.13. The van der Waals surface area contributed by atoms with Gasteiger partial charge in [-0.25, -0.2) is 15.0 Å². The van der Waals surface area contributed by atoms with Crippen LogP contribution in [0.1, 0.15) is 27.2 Å². The number of nitrogens with zero attached hydrogens (tertiary/aromatic N) is 3. The Labute approximate surface area is 170 Å². The molecule has 1 aliphatic carbocycles. The van der Waals surface area contributed by atoms with Crippen LogP contribution in [0.5, 0.6) is 5.88 Å². The van der Waals surface area contributed by atoms with Crippen molar-refractivity contribution in [3.05, 3.63) is 11.2 Å². The second-order valence-electron chi connectivity index (χ2n) is 8.31. The van der Waals surface area contributed by atoms with E-state index in [0.717, 1.165) is 23.1 Å². The summed E-state index contributed by atoms with van der Waals surface area (Å²) in [5.41, 5.74) is 0.719. The van der Waals surface area contributed by atoms with E-state index in [1.165, 1.54) is 11.8 Å². The van der Waals surface area contributed by atoms with Crippen LogP contribution in [-0.2, 0) is 4.43 Å². The molecule has 0 spiro atoms. The van der Waals surface area contributed by atoms with Crippen molar-refractivity contribution in [2.45, 2.75) is 62.6 Å². The Morgan fingerprint density at radius 1 is 1.26 bits per heavy atom. The van der Waals surface area contributed by atoms with Crippen molar-refractivity contribution in [2.24, 2.45) is 0 Å². The third-order valence-corrected chi connectivity index (χ3v) is 10.5.